The summed E-state index contributed by atoms with van der Waals surface area (Å²) in [5.74, 6) is -0.223. The normalized spacial score (nSPS) is 11.9. The summed E-state index contributed by atoms with van der Waals surface area (Å²) in [7, 11) is -4.10. The molecule has 1 atom stereocenters. The van der Waals surface area contributed by atoms with Gasteiger partial charge < -0.3 is 15.0 Å². The molecule has 38 heavy (non-hydrogen) atoms. The van der Waals surface area contributed by atoms with E-state index in [0.717, 1.165) is 15.4 Å². The Hall–Kier alpha value is -3.85. The van der Waals surface area contributed by atoms with E-state index in [1.807, 2.05) is 38.1 Å². The molecule has 0 aliphatic heterocycles. The molecule has 9 heteroatoms. The zero-order valence-corrected chi connectivity index (χ0v) is 23.1. The fraction of sp³-hybridized carbons (Fsp3) is 0.310. The smallest absolute Gasteiger partial charge is 0.264 e. The molecule has 0 saturated carbocycles. The topological polar surface area (TPSA) is 96.0 Å². The molecule has 0 saturated heterocycles. The number of hydrogen-bond donors (Lipinski definition) is 1. The van der Waals surface area contributed by atoms with Crippen molar-refractivity contribution in [3.05, 3.63) is 90.0 Å². The van der Waals surface area contributed by atoms with Gasteiger partial charge in [0.05, 0.1) is 17.2 Å². The van der Waals surface area contributed by atoms with E-state index < -0.39 is 28.5 Å². The zero-order chi connectivity index (χ0) is 27.7. The van der Waals surface area contributed by atoms with E-state index in [0.29, 0.717) is 24.6 Å². The van der Waals surface area contributed by atoms with Gasteiger partial charge in [-0.2, -0.15) is 0 Å². The maximum absolute atomic E-state index is 13.9. The second-order valence-corrected chi connectivity index (χ2v) is 10.6. The van der Waals surface area contributed by atoms with Gasteiger partial charge in [-0.15, -0.1) is 0 Å². The number of amides is 2. The number of likely N-dealkylation sites (N-methyl/N-ethyl adjacent to an activating group) is 1. The number of benzene rings is 3. The molecule has 1 N–H and O–H groups in total. The number of hydrogen-bond acceptors (Lipinski definition) is 5. The summed E-state index contributed by atoms with van der Waals surface area (Å²) < 4.78 is 34.1. The lowest BCUT2D eigenvalue weighted by atomic mass is 10.1. The zero-order valence-electron chi connectivity index (χ0n) is 22.3. The van der Waals surface area contributed by atoms with E-state index in [-0.39, 0.29) is 17.3 Å². The third-order valence-electron chi connectivity index (χ3n) is 6.17. The Morgan fingerprint density at radius 1 is 0.921 bits per heavy atom. The third kappa shape index (κ3) is 6.92. The monoisotopic (exact) mass is 537 g/mol. The number of nitrogens with one attached hydrogen (secondary N) is 1. The van der Waals surface area contributed by atoms with Gasteiger partial charge in [0.1, 0.15) is 18.3 Å². The Morgan fingerprint density at radius 2 is 1.55 bits per heavy atom. The molecule has 0 unspecified atom stereocenters. The Balaban J connectivity index is 2.02. The van der Waals surface area contributed by atoms with Crippen molar-refractivity contribution in [2.45, 2.75) is 45.2 Å². The molecular weight excluding hydrogens is 502 g/mol. The summed E-state index contributed by atoms with van der Waals surface area (Å²) in [6.07, 6.45) is 0. The summed E-state index contributed by atoms with van der Waals surface area (Å²) in [6.45, 7) is 7.80. The van der Waals surface area contributed by atoms with Crippen LogP contribution in [-0.2, 0) is 26.2 Å². The van der Waals surface area contributed by atoms with E-state index in [1.165, 1.54) is 17.0 Å². The van der Waals surface area contributed by atoms with Crippen LogP contribution >= 0.6 is 0 Å². The van der Waals surface area contributed by atoms with Gasteiger partial charge in [-0.25, -0.2) is 8.42 Å². The predicted molar refractivity (Wildman–Crippen MR) is 148 cm³/mol. The molecule has 0 aliphatic rings. The van der Waals surface area contributed by atoms with Crippen LogP contribution < -0.4 is 14.4 Å². The first-order chi connectivity index (χ1) is 18.2. The second kappa shape index (κ2) is 13.1. The van der Waals surface area contributed by atoms with Crippen LogP contribution in [0.4, 0.5) is 5.69 Å². The molecule has 0 radical (unpaired) electrons. The third-order valence-corrected chi connectivity index (χ3v) is 7.95. The van der Waals surface area contributed by atoms with Gasteiger partial charge in [0, 0.05) is 13.1 Å². The highest BCUT2D eigenvalue weighted by Crippen LogP contribution is 2.26. The van der Waals surface area contributed by atoms with Crippen LogP contribution in [0.3, 0.4) is 0 Å². The summed E-state index contributed by atoms with van der Waals surface area (Å²) >= 11 is 0. The molecule has 0 fully saturated rings. The molecule has 2 amide bonds. The lowest BCUT2D eigenvalue weighted by molar-refractivity contribution is -0.139. The Morgan fingerprint density at radius 3 is 2.16 bits per heavy atom. The molecule has 0 bridgehead atoms. The van der Waals surface area contributed by atoms with Crippen LogP contribution in [0.25, 0.3) is 0 Å². The number of carbonyl (C=O) groups is 2. The minimum absolute atomic E-state index is 0.0592. The largest absolute Gasteiger partial charge is 0.494 e. The first-order valence-corrected chi connectivity index (χ1v) is 14.0. The number of sulfonamides is 1. The van der Waals surface area contributed by atoms with Crippen LogP contribution in [0.1, 0.15) is 31.9 Å². The van der Waals surface area contributed by atoms with Gasteiger partial charge in [0.15, 0.2) is 0 Å². The Labute approximate surface area is 225 Å². The quantitative estimate of drug-likeness (QED) is 0.375. The van der Waals surface area contributed by atoms with E-state index >= 15 is 0 Å². The lowest BCUT2D eigenvalue weighted by Gasteiger charge is -2.32. The molecule has 0 spiro atoms. The number of anilines is 1. The fourth-order valence-electron chi connectivity index (χ4n) is 4.00. The van der Waals surface area contributed by atoms with Gasteiger partial charge in [-0.1, -0.05) is 42.5 Å². The van der Waals surface area contributed by atoms with Crippen molar-refractivity contribution in [1.82, 2.24) is 10.2 Å². The molecule has 3 aromatic rings. The highest BCUT2D eigenvalue weighted by atomic mass is 32.2. The number of ether oxygens (including phenoxy) is 1. The minimum atomic E-state index is -4.10. The highest BCUT2D eigenvalue weighted by Gasteiger charge is 2.32. The molecule has 0 heterocycles. The first kappa shape index (κ1) is 28.7. The van der Waals surface area contributed by atoms with Gasteiger partial charge >= 0.3 is 0 Å². The molecule has 8 nitrogen and oxygen atoms in total. The van der Waals surface area contributed by atoms with Crippen molar-refractivity contribution >= 4 is 27.5 Å². The highest BCUT2D eigenvalue weighted by molar-refractivity contribution is 7.92. The van der Waals surface area contributed by atoms with Crippen LogP contribution in [-0.4, -0.2) is 50.9 Å². The number of rotatable bonds is 12. The maximum Gasteiger partial charge on any atom is 0.264 e. The van der Waals surface area contributed by atoms with Crippen LogP contribution in [0.5, 0.6) is 5.75 Å². The van der Waals surface area contributed by atoms with Crippen molar-refractivity contribution in [2.75, 3.05) is 24.0 Å². The fourth-order valence-corrected chi connectivity index (χ4v) is 5.43. The average molecular weight is 538 g/mol. The van der Waals surface area contributed by atoms with E-state index in [9.17, 15) is 18.0 Å². The van der Waals surface area contributed by atoms with E-state index in [2.05, 4.69) is 5.32 Å². The van der Waals surface area contributed by atoms with Crippen molar-refractivity contribution in [2.24, 2.45) is 0 Å². The summed E-state index contributed by atoms with van der Waals surface area (Å²) in [6, 6.07) is 21.3. The van der Waals surface area contributed by atoms with Gasteiger partial charge in [0.2, 0.25) is 11.8 Å². The lowest BCUT2D eigenvalue weighted by Crippen LogP contribution is -2.51. The number of aryl methyl sites for hydroxylation is 1. The maximum atomic E-state index is 13.9. The Kier molecular flexibility index (Phi) is 9.90. The van der Waals surface area contributed by atoms with Gasteiger partial charge in [-0.3, -0.25) is 13.9 Å². The minimum Gasteiger partial charge on any atom is -0.494 e. The summed E-state index contributed by atoms with van der Waals surface area (Å²) in [5.41, 5.74) is 2.15. The SMILES string of the molecule is CCNC(=O)[C@H](C)N(Cc1ccccc1C)C(=O)CN(c1ccc(OCC)cc1)S(=O)(=O)c1ccccc1. The number of nitrogens with zero attached hydrogens (tertiary/aromatic N) is 2. The molecular formula is C29H35N3O5S. The van der Waals surface area contributed by atoms with Crippen LogP contribution in [0.15, 0.2) is 83.8 Å². The van der Waals surface area contributed by atoms with Crippen molar-refractivity contribution in [1.29, 1.82) is 0 Å². The molecule has 3 aromatic carbocycles. The molecule has 0 aliphatic carbocycles. The number of carbonyl (C=O) groups excluding carboxylic acids is 2. The van der Waals surface area contributed by atoms with Gasteiger partial charge in [-0.05, 0) is 75.2 Å². The van der Waals surface area contributed by atoms with Crippen molar-refractivity contribution in [3.63, 3.8) is 0 Å². The summed E-state index contributed by atoms with van der Waals surface area (Å²) in [4.78, 5) is 28.1. The van der Waals surface area contributed by atoms with Crippen LogP contribution in [0.2, 0.25) is 0 Å². The van der Waals surface area contributed by atoms with E-state index in [1.54, 1.807) is 56.3 Å². The average Bonchev–Trinajstić information content (AvgIpc) is 2.92. The van der Waals surface area contributed by atoms with Crippen molar-refractivity contribution in [3.8, 4) is 5.75 Å². The van der Waals surface area contributed by atoms with Crippen LogP contribution in [0, 0.1) is 6.92 Å². The molecule has 0 aromatic heterocycles. The van der Waals surface area contributed by atoms with Crippen molar-refractivity contribution < 1.29 is 22.7 Å². The second-order valence-electron chi connectivity index (χ2n) is 8.77. The Bertz CT molecular complexity index is 1330. The predicted octanol–water partition coefficient (Wildman–Crippen LogP) is 4.14. The first-order valence-electron chi connectivity index (χ1n) is 12.6. The standard InChI is InChI=1S/C29H35N3O5S/c1-5-30-29(34)23(4)31(20-24-13-11-10-12-22(24)3)28(33)21-32(25-16-18-26(19-17-25)37-6-2)38(35,36)27-14-8-7-9-15-27/h7-19,23H,5-6,20-21H2,1-4H3,(H,30,34)/t23-/m0/s1. The molecule has 202 valence electrons. The van der Waals surface area contributed by atoms with Gasteiger partial charge in [0.25, 0.3) is 10.0 Å². The molecule has 3 rings (SSSR count). The van der Waals surface area contributed by atoms with E-state index in [4.69, 9.17) is 4.74 Å². The summed E-state index contributed by atoms with van der Waals surface area (Å²) in [5, 5.41) is 2.76.